The maximum absolute atomic E-state index is 13.7. The van der Waals surface area contributed by atoms with E-state index in [4.69, 9.17) is 0 Å². The van der Waals surface area contributed by atoms with E-state index in [1.165, 1.54) is 5.92 Å². The van der Waals surface area contributed by atoms with Gasteiger partial charge in [-0.15, -0.1) is 0 Å². The number of rotatable bonds is 3. The van der Waals surface area contributed by atoms with Gasteiger partial charge in [0.15, 0.2) is 0 Å². The highest BCUT2D eigenvalue weighted by Crippen LogP contribution is 2.18. The summed E-state index contributed by atoms with van der Waals surface area (Å²) in [6.07, 6.45) is -0.949. The van der Waals surface area contributed by atoms with Gasteiger partial charge in [0.1, 0.15) is 17.5 Å². The highest BCUT2D eigenvalue weighted by Gasteiger charge is 2.23. The first-order valence-corrected chi connectivity index (χ1v) is 6.60. The van der Waals surface area contributed by atoms with Crippen molar-refractivity contribution < 1.29 is 22.0 Å². The third-order valence-corrected chi connectivity index (χ3v) is 2.90. The predicted octanol–water partition coefficient (Wildman–Crippen LogP) is 3.76. The minimum Gasteiger partial charge on any atom is -0.241 e. The monoisotopic (exact) mass is 326 g/mol. The van der Waals surface area contributed by atoms with Gasteiger partial charge in [-0.2, -0.15) is 13.2 Å². The number of nitrogens with zero attached hydrogens (tertiary/aromatic N) is 2. The summed E-state index contributed by atoms with van der Waals surface area (Å²) in [6, 6.07) is 1.94. The molecule has 0 saturated carbocycles. The van der Waals surface area contributed by atoms with E-state index in [0.717, 1.165) is 23.6 Å². The Morgan fingerprint density at radius 2 is 1.57 bits per heavy atom. The zero-order valence-electron chi connectivity index (χ0n) is 12.0. The van der Waals surface area contributed by atoms with Crippen LogP contribution in [0.2, 0.25) is 0 Å². The van der Waals surface area contributed by atoms with Gasteiger partial charge < -0.3 is 0 Å². The molecule has 7 heteroatoms. The minimum atomic E-state index is -4.81. The lowest BCUT2D eigenvalue weighted by Crippen LogP contribution is -2.03. The maximum atomic E-state index is 13.7. The van der Waals surface area contributed by atoms with Crippen LogP contribution < -0.4 is 0 Å². The Labute approximate surface area is 129 Å². The summed E-state index contributed by atoms with van der Waals surface area (Å²) in [5.74, 6) is 0.595. The SMILES string of the molecule is Cc1cnc(CCc2cc(F)c(C#CC(F)(F)F)c(F)c2)nc1. The van der Waals surface area contributed by atoms with Crippen molar-refractivity contribution in [3.8, 4) is 11.8 Å². The lowest BCUT2D eigenvalue weighted by atomic mass is 10.1. The summed E-state index contributed by atoms with van der Waals surface area (Å²) in [5, 5.41) is 0. The van der Waals surface area contributed by atoms with E-state index >= 15 is 0 Å². The maximum Gasteiger partial charge on any atom is 0.458 e. The molecule has 23 heavy (non-hydrogen) atoms. The molecule has 2 nitrogen and oxygen atoms in total. The average molecular weight is 326 g/mol. The molecule has 0 aliphatic rings. The van der Waals surface area contributed by atoms with Gasteiger partial charge in [0.2, 0.25) is 0 Å². The normalized spacial score (nSPS) is 11.0. The Kier molecular flexibility index (Phi) is 4.94. The Morgan fingerprint density at radius 3 is 2.09 bits per heavy atom. The number of aromatic nitrogens is 2. The molecular weight excluding hydrogens is 315 g/mol. The van der Waals surface area contributed by atoms with Gasteiger partial charge in [0.25, 0.3) is 0 Å². The van der Waals surface area contributed by atoms with Gasteiger partial charge >= 0.3 is 6.18 Å². The van der Waals surface area contributed by atoms with Crippen molar-refractivity contribution in [2.45, 2.75) is 25.9 Å². The largest absolute Gasteiger partial charge is 0.458 e. The van der Waals surface area contributed by atoms with Crippen molar-refractivity contribution in [2.24, 2.45) is 0 Å². The molecule has 1 aromatic carbocycles. The van der Waals surface area contributed by atoms with Crippen LogP contribution in [0.15, 0.2) is 24.5 Å². The first-order valence-electron chi connectivity index (χ1n) is 6.60. The molecule has 0 saturated heterocycles. The van der Waals surface area contributed by atoms with E-state index in [2.05, 4.69) is 9.97 Å². The van der Waals surface area contributed by atoms with Crippen LogP contribution in [0.3, 0.4) is 0 Å². The molecule has 0 atom stereocenters. The Hall–Kier alpha value is -2.49. The van der Waals surface area contributed by atoms with E-state index < -0.39 is 23.4 Å². The van der Waals surface area contributed by atoms with E-state index in [-0.39, 0.29) is 6.42 Å². The first-order chi connectivity index (χ1) is 10.7. The summed E-state index contributed by atoms with van der Waals surface area (Å²) in [4.78, 5) is 8.13. The standard InChI is InChI=1S/C16H11F5N2/c1-10-8-22-15(23-9-10)3-2-11-6-13(17)12(14(18)7-11)4-5-16(19,20)21/h6-9H,2-3H2,1H3. The third-order valence-electron chi connectivity index (χ3n) is 2.90. The Balaban J connectivity index is 2.15. The van der Waals surface area contributed by atoms with Gasteiger partial charge in [-0.1, -0.05) is 5.92 Å². The molecule has 0 N–H and O–H groups in total. The zero-order chi connectivity index (χ0) is 17.0. The fraction of sp³-hybridized carbons (Fsp3) is 0.250. The molecule has 0 aliphatic heterocycles. The lowest BCUT2D eigenvalue weighted by Gasteiger charge is -2.04. The van der Waals surface area contributed by atoms with E-state index in [1.54, 1.807) is 12.4 Å². The Morgan fingerprint density at radius 1 is 1.00 bits per heavy atom. The molecule has 120 valence electrons. The van der Waals surface area contributed by atoms with Crippen molar-refractivity contribution in [3.05, 3.63) is 58.7 Å². The minimum absolute atomic E-state index is 0.254. The van der Waals surface area contributed by atoms with Gasteiger partial charge in [0, 0.05) is 24.7 Å². The summed E-state index contributed by atoms with van der Waals surface area (Å²) >= 11 is 0. The molecule has 0 amide bonds. The van der Waals surface area contributed by atoms with Gasteiger partial charge in [-0.3, -0.25) is 0 Å². The highest BCUT2D eigenvalue weighted by atomic mass is 19.4. The van der Waals surface area contributed by atoms with Crippen LogP contribution in [-0.2, 0) is 12.8 Å². The summed E-state index contributed by atoms with van der Waals surface area (Å²) in [5.41, 5.74) is 0.290. The van der Waals surface area contributed by atoms with Crippen LogP contribution in [0.1, 0.15) is 22.5 Å². The van der Waals surface area contributed by atoms with Crippen molar-refractivity contribution in [2.75, 3.05) is 0 Å². The van der Waals surface area contributed by atoms with Gasteiger partial charge in [-0.05, 0) is 36.6 Å². The van der Waals surface area contributed by atoms with E-state index in [0.29, 0.717) is 17.8 Å². The van der Waals surface area contributed by atoms with Crippen LogP contribution in [0.5, 0.6) is 0 Å². The second-order valence-corrected chi connectivity index (χ2v) is 4.86. The fourth-order valence-electron chi connectivity index (χ4n) is 1.83. The fourth-order valence-corrected chi connectivity index (χ4v) is 1.83. The average Bonchev–Trinajstić information content (AvgIpc) is 2.44. The second-order valence-electron chi connectivity index (χ2n) is 4.86. The molecule has 1 aromatic heterocycles. The molecule has 0 bridgehead atoms. The summed E-state index contributed by atoms with van der Waals surface area (Å²) in [6.45, 7) is 1.83. The number of alkyl halides is 3. The molecule has 2 rings (SSSR count). The zero-order valence-corrected chi connectivity index (χ0v) is 12.0. The lowest BCUT2D eigenvalue weighted by molar-refractivity contribution is -0.0696. The first kappa shape index (κ1) is 16.9. The molecule has 0 unspecified atom stereocenters. The summed E-state index contributed by atoms with van der Waals surface area (Å²) in [7, 11) is 0. The van der Waals surface area contributed by atoms with E-state index in [9.17, 15) is 22.0 Å². The molecular formula is C16H11F5N2. The number of halogens is 5. The van der Waals surface area contributed by atoms with Gasteiger partial charge in [0.05, 0.1) is 5.56 Å². The van der Waals surface area contributed by atoms with Crippen molar-refractivity contribution in [1.82, 2.24) is 9.97 Å². The number of aryl methyl sites for hydroxylation is 3. The molecule has 1 heterocycles. The molecule has 0 spiro atoms. The number of hydrogen-bond acceptors (Lipinski definition) is 2. The van der Waals surface area contributed by atoms with Crippen LogP contribution in [0, 0.1) is 30.4 Å². The van der Waals surface area contributed by atoms with Crippen LogP contribution in [0.25, 0.3) is 0 Å². The van der Waals surface area contributed by atoms with E-state index in [1.807, 2.05) is 6.92 Å². The molecule has 0 fully saturated rings. The van der Waals surface area contributed by atoms with Crippen molar-refractivity contribution in [1.29, 1.82) is 0 Å². The molecule has 0 aliphatic carbocycles. The third kappa shape index (κ3) is 5.02. The second kappa shape index (κ2) is 6.73. The Bertz CT molecular complexity index is 732. The quantitative estimate of drug-likeness (QED) is 0.634. The predicted molar refractivity (Wildman–Crippen MR) is 73.5 cm³/mol. The van der Waals surface area contributed by atoms with Gasteiger partial charge in [-0.25, -0.2) is 18.7 Å². The topological polar surface area (TPSA) is 25.8 Å². The van der Waals surface area contributed by atoms with Crippen LogP contribution in [-0.4, -0.2) is 16.1 Å². The van der Waals surface area contributed by atoms with Crippen LogP contribution in [0.4, 0.5) is 22.0 Å². The number of hydrogen-bond donors (Lipinski definition) is 0. The number of benzene rings is 1. The van der Waals surface area contributed by atoms with Crippen molar-refractivity contribution in [3.63, 3.8) is 0 Å². The van der Waals surface area contributed by atoms with Crippen molar-refractivity contribution >= 4 is 0 Å². The smallest absolute Gasteiger partial charge is 0.241 e. The van der Waals surface area contributed by atoms with Crippen LogP contribution >= 0.6 is 0 Å². The molecule has 0 radical (unpaired) electrons. The highest BCUT2D eigenvalue weighted by molar-refractivity contribution is 5.40. The summed E-state index contributed by atoms with van der Waals surface area (Å²) < 4.78 is 63.4. The molecule has 2 aromatic rings.